The molecule has 5 nitrogen and oxygen atoms in total. The summed E-state index contributed by atoms with van der Waals surface area (Å²) in [5, 5.41) is 9.52. The Balaban J connectivity index is 1.02. The molecule has 11 rings (SSSR count). The average Bonchev–Trinajstić information content (AvgIpc) is 3.38. The SMILES string of the molecule is C=NC(=NC(=NCc1cc(-c2ccc(-c3cnccn3)cc2)cc(-c2ccc(-c3cc4ccccc4c4ccccc34)cc2)c1)c1ccc2ccccc2c1)c1ccc2ccccc2c1. The first kappa shape index (κ1) is 39.2. The Hall–Kier alpha value is -8.67. The summed E-state index contributed by atoms with van der Waals surface area (Å²) < 4.78 is 0. The van der Waals surface area contributed by atoms with Crippen LogP contribution in [0.3, 0.4) is 0 Å². The van der Waals surface area contributed by atoms with E-state index in [0.717, 1.165) is 71.7 Å². The van der Waals surface area contributed by atoms with Crippen LogP contribution in [0.15, 0.2) is 240 Å². The third kappa shape index (κ3) is 7.99. The monoisotopic (exact) mass is 831 g/mol. The van der Waals surface area contributed by atoms with Crippen LogP contribution < -0.4 is 0 Å². The molecule has 0 saturated heterocycles. The maximum atomic E-state index is 5.30. The molecule has 5 heteroatoms. The Bertz CT molecular complexity index is 3630. The summed E-state index contributed by atoms with van der Waals surface area (Å²) in [4.78, 5) is 23.7. The van der Waals surface area contributed by atoms with E-state index in [1.165, 1.54) is 32.7 Å². The van der Waals surface area contributed by atoms with Gasteiger partial charge in [0, 0.05) is 29.1 Å². The lowest BCUT2D eigenvalue weighted by molar-refractivity contribution is 1.06. The lowest BCUT2D eigenvalue weighted by Crippen LogP contribution is -2.06. The summed E-state index contributed by atoms with van der Waals surface area (Å²) in [6, 6.07) is 73.2. The fourth-order valence-corrected chi connectivity index (χ4v) is 8.84. The number of fused-ring (bicyclic) bond motifs is 5. The molecule has 0 bridgehead atoms. The highest BCUT2D eigenvalue weighted by Gasteiger charge is 2.13. The Morgan fingerprint density at radius 1 is 0.415 bits per heavy atom. The highest BCUT2D eigenvalue weighted by molar-refractivity contribution is 6.15. The van der Waals surface area contributed by atoms with Gasteiger partial charge in [-0.2, -0.15) is 0 Å². The highest BCUT2D eigenvalue weighted by Crippen LogP contribution is 2.37. The third-order valence-electron chi connectivity index (χ3n) is 12.2. The van der Waals surface area contributed by atoms with Gasteiger partial charge in [0.25, 0.3) is 0 Å². The van der Waals surface area contributed by atoms with Gasteiger partial charge < -0.3 is 0 Å². The van der Waals surface area contributed by atoms with E-state index in [1.54, 1.807) is 18.6 Å². The van der Waals surface area contributed by atoms with Crippen molar-refractivity contribution in [3.8, 4) is 44.6 Å². The number of rotatable bonds is 8. The first-order chi connectivity index (χ1) is 32.1. The molecular formula is C60H41N5. The molecule has 65 heavy (non-hydrogen) atoms. The number of amidine groups is 2. The van der Waals surface area contributed by atoms with E-state index in [1.807, 2.05) is 18.2 Å². The van der Waals surface area contributed by atoms with Crippen molar-refractivity contribution < 1.29 is 0 Å². The van der Waals surface area contributed by atoms with Crippen molar-refractivity contribution >= 4 is 61.5 Å². The molecule has 0 aliphatic heterocycles. The minimum atomic E-state index is 0.382. The van der Waals surface area contributed by atoms with Crippen LogP contribution in [0.4, 0.5) is 0 Å². The van der Waals surface area contributed by atoms with Gasteiger partial charge in [-0.1, -0.05) is 170 Å². The maximum absolute atomic E-state index is 5.30. The van der Waals surface area contributed by atoms with Gasteiger partial charge in [-0.15, -0.1) is 0 Å². The fourth-order valence-electron chi connectivity index (χ4n) is 8.84. The van der Waals surface area contributed by atoms with Gasteiger partial charge in [0.05, 0.1) is 18.4 Å². The molecule has 0 saturated carbocycles. The van der Waals surface area contributed by atoms with E-state index in [9.17, 15) is 0 Å². The van der Waals surface area contributed by atoms with Gasteiger partial charge in [-0.05, 0) is 125 Å². The van der Waals surface area contributed by atoms with Gasteiger partial charge in [-0.3, -0.25) is 15.0 Å². The normalized spacial score (nSPS) is 12.0. The van der Waals surface area contributed by atoms with Crippen LogP contribution >= 0.6 is 0 Å². The summed E-state index contributed by atoms with van der Waals surface area (Å²) in [7, 11) is 0. The maximum Gasteiger partial charge on any atom is 0.161 e. The van der Waals surface area contributed by atoms with Crippen LogP contribution in [0.25, 0.3) is 87.7 Å². The first-order valence-corrected chi connectivity index (χ1v) is 21.7. The van der Waals surface area contributed by atoms with Crippen LogP contribution in [-0.4, -0.2) is 28.4 Å². The number of benzene rings is 10. The summed E-state index contributed by atoms with van der Waals surface area (Å²) in [6.07, 6.45) is 5.21. The molecule has 0 N–H and O–H groups in total. The molecule has 0 amide bonds. The van der Waals surface area contributed by atoms with E-state index in [2.05, 4.69) is 210 Å². The van der Waals surface area contributed by atoms with Crippen molar-refractivity contribution in [3.63, 3.8) is 0 Å². The Morgan fingerprint density at radius 3 is 1.57 bits per heavy atom. The fraction of sp³-hybridized carbons (Fsp3) is 0.0167. The smallest absolute Gasteiger partial charge is 0.161 e. The van der Waals surface area contributed by atoms with E-state index < -0.39 is 0 Å². The van der Waals surface area contributed by atoms with Gasteiger partial charge >= 0.3 is 0 Å². The second-order valence-corrected chi connectivity index (χ2v) is 16.2. The summed E-state index contributed by atoms with van der Waals surface area (Å²) in [6.45, 7) is 4.34. The lowest BCUT2D eigenvalue weighted by atomic mass is 9.91. The quantitative estimate of drug-likeness (QED) is 0.0870. The molecular weight excluding hydrogens is 791 g/mol. The van der Waals surface area contributed by atoms with E-state index in [0.29, 0.717) is 18.2 Å². The average molecular weight is 832 g/mol. The van der Waals surface area contributed by atoms with Crippen molar-refractivity contribution in [2.45, 2.75) is 6.54 Å². The number of aliphatic imine (C=N–C) groups is 3. The predicted octanol–water partition coefficient (Wildman–Crippen LogP) is 14.9. The molecule has 0 atom stereocenters. The lowest BCUT2D eigenvalue weighted by Gasteiger charge is -2.13. The zero-order chi connectivity index (χ0) is 43.5. The minimum Gasteiger partial charge on any atom is -0.261 e. The number of aromatic nitrogens is 2. The van der Waals surface area contributed by atoms with E-state index >= 15 is 0 Å². The zero-order valence-corrected chi connectivity index (χ0v) is 35.5. The van der Waals surface area contributed by atoms with Crippen molar-refractivity contribution in [3.05, 3.63) is 242 Å². The van der Waals surface area contributed by atoms with Crippen LogP contribution in [0.5, 0.6) is 0 Å². The Kier molecular flexibility index (Phi) is 10.4. The van der Waals surface area contributed by atoms with E-state index in [4.69, 9.17) is 9.98 Å². The molecule has 0 aliphatic carbocycles. The van der Waals surface area contributed by atoms with Crippen molar-refractivity contribution in [1.29, 1.82) is 0 Å². The zero-order valence-electron chi connectivity index (χ0n) is 35.5. The number of hydrogen-bond donors (Lipinski definition) is 0. The van der Waals surface area contributed by atoms with Crippen LogP contribution in [-0.2, 0) is 6.54 Å². The predicted molar refractivity (Wildman–Crippen MR) is 273 cm³/mol. The van der Waals surface area contributed by atoms with Crippen LogP contribution in [0.2, 0.25) is 0 Å². The van der Waals surface area contributed by atoms with Gasteiger partial charge in [0.15, 0.2) is 11.7 Å². The molecule has 1 heterocycles. The first-order valence-electron chi connectivity index (χ1n) is 21.7. The van der Waals surface area contributed by atoms with Crippen LogP contribution in [0, 0.1) is 0 Å². The second-order valence-electron chi connectivity index (χ2n) is 16.2. The molecule has 0 fully saturated rings. The molecule has 0 spiro atoms. The third-order valence-corrected chi connectivity index (χ3v) is 12.2. The van der Waals surface area contributed by atoms with Gasteiger partial charge in [-0.25, -0.2) is 9.98 Å². The summed E-state index contributed by atoms with van der Waals surface area (Å²) >= 11 is 0. The Morgan fingerprint density at radius 2 is 0.954 bits per heavy atom. The summed E-state index contributed by atoms with van der Waals surface area (Å²) in [5.41, 5.74) is 11.5. The molecule has 0 unspecified atom stereocenters. The molecule has 1 aromatic heterocycles. The number of nitrogens with zero attached hydrogens (tertiary/aromatic N) is 5. The van der Waals surface area contributed by atoms with Crippen molar-refractivity contribution in [2.24, 2.45) is 15.0 Å². The van der Waals surface area contributed by atoms with Crippen molar-refractivity contribution in [2.75, 3.05) is 0 Å². The molecule has 306 valence electrons. The highest BCUT2D eigenvalue weighted by atomic mass is 15.0. The molecule has 0 aliphatic rings. The van der Waals surface area contributed by atoms with Crippen molar-refractivity contribution in [1.82, 2.24) is 9.97 Å². The minimum absolute atomic E-state index is 0.382. The van der Waals surface area contributed by atoms with Gasteiger partial charge in [0.1, 0.15) is 0 Å². The topological polar surface area (TPSA) is 62.9 Å². The van der Waals surface area contributed by atoms with Crippen LogP contribution in [0.1, 0.15) is 16.7 Å². The molecule has 0 radical (unpaired) electrons. The van der Waals surface area contributed by atoms with Gasteiger partial charge in [0.2, 0.25) is 0 Å². The summed E-state index contributed by atoms with van der Waals surface area (Å²) in [5.74, 6) is 1.10. The van der Waals surface area contributed by atoms with E-state index in [-0.39, 0.29) is 0 Å². The standard InChI is InChI=1S/C60H41N5/c1-61-59(50-28-22-41-10-2-4-12-47(41)34-50)65-60(51-29-23-42-11-3-5-13-48(42)35-51)64-38-40-32-52(36-53(33-40)44-20-26-46(27-21-44)58-39-62-30-31-63-58)43-18-24-45(25-19-43)57-37-49-14-6-7-15-54(49)55-16-8-9-17-56(55)57/h2-37,39H,1,38H2. The molecule has 10 aromatic carbocycles. The largest absolute Gasteiger partial charge is 0.261 e. The number of hydrogen-bond acceptors (Lipinski definition) is 3. The molecule has 11 aromatic rings. The second kappa shape index (κ2) is 17.2. The Labute approximate surface area is 377 Å².